The number of nitrogens with zero attached hydrogens (tertiary/aromatic N) is 1. The summed E-state index contributed by atoms with van der Waals surface area (Å²) in [5.74, 6) is -0.0418. The lowest BCUT2D eigenvalue weighted by atomic mass is 9.95. The van der Waals surface area contributed by atoms with Crippen LogP contribution in [0, 0.1) is 17.2 Å². The summed E-state index contributed by atoms with van der Waals surface area (Å²) < 4.78 is 0. The van der Waals surface area contributed by atoms with Gasteiger partial charge >= 0.3 is 0 Å². The minimum Gasteiger partial charge on any atom is -0.396 e. The minimum absolute atomic E-state index is 0.00485. The minimum atomic E-state index is -0.676. The molecule has 1 saturated carbocycles. The van der Waals surface area contributed by atoms with Crippen molar-refractivity contribution in [1.29, 1.82) is 5.26 Å². The molecule has 1 aliphatic carbocycles. The quantitative estimate of drug-likeness (QED) is 0.866. The van der Waals surface area contributed by atoms with Crippen LogP contribution in [0.1, 0.15) is 12.0 Å². The van der Waals surface area contributed by atoms with Gasteiger partial charge in [0.15, 0.2) is 0 Å². The molecular weight excluding hydrogens is 233 g/mol. The molecule has 0 aliphatic heterocycles. The number of rotatable bonds is 2. The fourth-order valence-electron chi connectivity index (χ4n) is 1.97. The third-order valence-corrected chi connectivity index (χ3v) is 3.56. The van der Waals surface area contributed by atoms with Crippen LogP contribution in [0.4, 0.5) is 0 Å². The summed E-state index contributed by atoms with van der Waals surface area (Å²) in [7, 11) is 0. The van der Waals surface area contributed by atoms with E-state index in [0.29, 0.717) is 22.0 Å². The van der Waals surface area contributed by atoms with Crippen molar-refractivity contribution in [1.82, 2.24) is 0 Å². The molecule has 0 aromatic heterocycles. The molecule has 0 saturated heterocycles. The van der Waals surface area contributed by atoms with Crippen LogP contribution in [0.15, 0.2) is 18.2 Å². The van der Waals surface area contributed by atoms with Gasteiger partial charge in [-0.25, -0.2) is 0 Å². The maximum atomic E-state index is 9.18. The topological polar surface area (TPSA) is 44.0 Å². The predicted molar refractivity (Wildman–Crippen MR) is 58.9 cm³/mol. The Hall–Kier alpha value is -0.750. The van der Waals surface area contributed by atoms with Crippen LogP contribution in [-0.2, 0) is 5.41 Å². The molecule has 2 unspecified atom stereocenters. The molecule has 0 heterocycles. The Balaban J connectivity index is 2.51. The molecule has 2 atom stereocenters. The van der Waals surface area contributed by atoms with E-state index in [0.717, 1.165) is 0 Å². The summed E-state index contributed by atoms with van der Waals surface area (Å²) in [4.78, 5) is 0. The zero-order valence-corrected chi connectivity index (χ0v) is 9.39. The monoisotopic (exact) mass is 241 g/mol. The van der Waals surface area contributed by atoms with Crippen molar-refractivity contribution < 1.29 is 5.11 Å². The second-order valence-corrected chi connectivity index (χ2v) is 4.58. The second-order valence-electron chi connectivity index (χ2n) is 3.76. The van der Waals surface area contributed by atoms with E-state index in [1.807, 2.05) is 0 Å². The summed E-state index contributed by atoms with van der Waals surface area (Å²) >= 11 is 12.1. The van der Waals surface area contributed by atoms with Crippen molar-refractivity contribution in [3.8, 4) is 6.07 Å². The molecule has 0 bridgehead atoms. The standard InChI is InChI=1S/C11H9Cl2NO/c12-8-2-1-3-9(13)10(8)11(6-14)4-7(11)5-15/h1-3,7,15H,4-5H2. The Morgan fingerprint density at radius 1 is 1.47 bits per heavy atom. The molecule has 0 spiro atoms. The maximum Gasteiger partial charge on any atom is 0.0905 e. The van der Waals surface area contributed by atoms with Gasteiger partial charge in [0.2, 0.25) is 0 Å². The molecule has 15 heavy (non-hydrogen) atoms. The summed E-state index contributed by atoms with van der Waals surface area (Å²) in [6.07, 6.45) is 0.628. The molecule has 1 N–H and O–H groups in total. The SMILES string of the molecule is N#CC1(c2c(Cl)cccc2Cl)CC1CO. The highest BCUT2D eigenvalue weighted by Crippen LogP contribution is 2.57. The molecule has 1 aromatic carbocycles. The molecule has 4 heteroatoms. The van der Waals surface area contributed by atoms with Crippen molar-refractivity contribution in [2.45, 2.75) is 11.8 Å². The first-order valence-electron chi connectivity index (χ1n) is 4.62. The molecule has 0 radical (unpaired) electrons. The summed E-state index contributed by atoms with van der Waals surface area (Å²) in [5, 5.41) is 19.3. The van der Waals surface area contributed by atoms with Gasteiger partial charge in [0.25, 0.3) is 0 Å². The van der Waals surface area contributed by atoms with E-state index < -0.39 is 5.41 Å². The Bertz CT molecular complexity index is 420. The number of halogens is 2. The van der Waals surface area contributed by atoms with E-state index in [-0.39, 0.29) is 12.5 Å². The van der Waals surface area contributed by atoms with Gasteiger partial charge in [-0.1, -0.05) is 29.3 Å². The lowest BCUT2D eigenvalue weighted by molar-refractivity contribution is 0.269. The molecule has 1 aromatic rings. The van der Waals surface area contributed by atoms with Crippen LogP contribution < -0.4 is 0 Å². The fraction of sp³-hybridized carbons (Fsp3) is 0.364. The average molecular weight is 242 g/mol. The zero-order valence-electron chi connectivity index (χ0n) is 7.87. The lowest BCUT2D eigenvalue weighted by Crippen LogP contribution is -2.10. The van der Waals surface area contributed by atoms with E-state index in [1.54, 1.807) is 18.2 Å². The number of benzene rings is 1. The molecular formula is C11H9Cl2NO. The fourth-order valence-corrected chi connectivity index (χ4v) is 2.71. The molecule has 1 fully saturated rings. The van der Waals surface area contributed by atoms with Crippen LogP contribution >= 0.6 is 23.2 Å². The predicted octanol–water partition coefficient (Wildman–Crippen LogP) is 2.77. The van der Waals surface area contributed by atoms with E-state index in [1.165, 1.54) is 0 Å². The first-order chi connectivity index (χ1) is 7.15. The first kappa shape index (κ1) is 10.8. The molecule has 2 nitrogen and oxygen atoms in total. The molecule has 0 amide bonds. The van der Waals surface area contributed by atoms with E-state index >= 15 is 0 Å². The second kappa shape index (κ2) is 3.68. The van der Waals surface area contributed by atoms with Crippen LogP contribution in [0.5, 0.6) is 0 Å². The first-order valence-corrected chi connectivity index (χ1v) is 5.38. The summed E-state index contributed by atoms with van der Waals surface area (Å²) in [5.41, 5.74) is -0.0145. The van der Waals surface area contributed by atoms with Crippen molar-refractivity contribution in [2.75, 3.05) is 6.61 Å². The molecule has 78 valence electrons. The Kier molecular flexibility index (Phi) is 2.64. The highest BCUT2D eigenvalue weighted by atomic mass is 35.5. The average Bonchev–Trinajstić information content (AvgIpc) is 2.93. The van der Waals surface area contributed by atoms with Gasteiger partial charge in [-0.05, 0) is 18.6 Å². The van der Waals surface area contributed by atoms with Gasteiger partial charge in [-0.3, -0.25) is 0 Å². The van der Waals surface area contributed by atoms with Crippen molar-refractivity contribution >= 4 is 23.2 Å². The van der Waals surface area contributed by atoms with Crippen LogP contribution in [0.3, 0.4) is 0 Å². The Morgan fingerprint density at radius 2 is 2.07 bits per heavy atom. The summed E-state index contributed by atoms with van der Waals surface area (Å²) in [6, 6.07) is 7.40. The van der Waals surface area contributed by atoms with Crippen LogP contribution in [0.2, 0.25) is 10.0 Å². The smallest absolute Gasteiger partial charge is 0.0905 e. The zero-order chi connectivity index (χ0) is 11.1. The van der Waals surface area contributed by atoms with Gasteiger partial charge in [0.1, 0.15) is 0 Å². The molecule has 2 rings (SSSR count). The maximum absolute atomic E-state index is 9.18. The Morgan fingerprint density at radius 3 is 2.47 bits per heavy atom. The highest BCUT2D eigenvalue weighted by molar-refractivity contribution is 6.36. The number of hydrogen-bond acceptors (Lipinski definition) is 2. The number of aliphatic hydroxyl groups excluding tert-OH is 1. The van der Waals surface area contributed by atoms with Gasteiger partial charge in [-0.15, -0.1) is 0 Å². The van der Waals surface area contributed by atoms with Gasteiger partial charge in [0.05, 0.1) is 11.5 Å². The molecule has 1 aliphatic rings. The van der Waals surface area contributed by atoms with Crippen LogP contribution in [0.25, 0.3) is 0 Å². The van der Waals surface area contributed by atoms with Gasteiger partial charge in [-0.2, -0.15) is 5.26 Å². The van der Waals surface area contributed by atoms with Crippen molar-refractivity contribution in [2.24, 2.45) is 5.92 Å². The number of nitriles is 1. The Labute approximate surface area is 98.0 Å². The van der Waals surface area contributed by atoms with Gasteiger partial charge < -0.3 is 5.11 Å². The van der Waals surface area contributed by atoms with Crippen LogP contribution in [-0.4, -0.2) is 11.7 Å². The van der Waals surface area contributed by atoms with E-state index in [9.17, 15) is 5.26 Å². The normalized spacial score (nSPS) is 28.5. The third kappa shape index (κ3) is 1.52. The largest absolute Gasteiger partial charge is 0.396 e. The van der Waals surface area contributed by atoms with Gasteiger partial charge in [0, 0.05) is 28.1 Å². The number of aliphatic hydroxyl groups is 1. The third-order valence-electron chi connectivity index (χ3n) is 2.93. The van der Waals surface area contributed by atoms with E-state index in [2.05, 4.69) is 6.07 Å². The van der Waals surface area contributed by atoms with E-state index in [4.69, 9.17) is 28.3 Å². The van der Waals surface area contributed by atoms with Crippen molar-refractivity contribution in [3.05, 3.63) is 33.8 Å². The summed E-state index contributed by atoms with van der Waals surface area (Å²) in [6.45, 7) is -0.00485. The highest BCUT2D eigenvalue weighted by Gasteiger charge is 2.57. The number of hydrogen-bond donors (Lipinski definition) is 1. The lowest BCUT2D eigenvalue weighted by Gasteiger charge is -2.12. The van der Waals surface area contributed by atoms with Crippen molar-refractivity contribution in [3.63, 3.8) is 0 Å².